The molecule has 3 N–H and O–H groups in total. The van der Waals surface area contributed by atoms with E-state index in [2.05, 4.69) is 5.73 Å². The van der Waals surface area contributed by atoms with E-state index in [0.717, 1.165) is 0 Å². The first-order chi connectivity index (χ1) is 3.18. The Morgan fingerprint density at radius 2 is 2.25 bits per heavy atom. The third kappa shape index (κ3) is 3.89. The number of hydrogen-bond donors (Lipinski definition) is 2. The van der Waals surface area contributed by atoms with E-state index in [1.807, 2.05) is 0 Å². The molecule has 1 unspecified atom stereocenters. The van der Waals surface area contributed by atoms with Gasteiger partial charge in [0.25, 0.3) is 0 Å². The zero-order valence-corrected chi connectivity index (χ0v) is 5.44. The second kappa shape index (κ2) is 4.87. The minimum absolute atomic E-state index is 0. The van der Waals surface area contributed by atoms with Crippen LogP contribution in [0, 0.1) is 0 Å². The smallest absolute Gasteiger partial charge is 0.246 e. The number of primary amides is 1. The Bertz CT molecular complexity index is 76.4. The van der Waals surface area contributed by atoms with Crippen molar-refractivity contribution in [1.82, 2.24) is 0 Å². The predicted octanol–water partition coefficient (Wildman–Crippen LogP) is -0.336. The summed E-state index contributed by atoms with van der Waals surface area (Å²) in [5.74, 6) is -0.650. The lowest BCUT2D eigenvalue weighted by Crippen LogP contribution is -2.26. The molecule has 0 aromatic rings. The van der Waals surface area contributed by atoms with Crippen molar-refractivity contribution >= 4 is 18.3 Å². The number of nitrogens with two attached hydrogens (primary N) is 1. The largest absolute Gasteiger partial charge is 0.383 e. The van der Waals surface area contributed by atoms with Gasteiger partial charge in [-0.1, -0.05) is 6.92 Å². The van der Waals surface area contributed by atoms with Crippen LogP contribution in [0.4, 0.5) is 0 Å². The van der Waals surface area contributed by atoms with Crippen LogP contribution in [0.5, 0.6) is 0 Å². The molecule has 0 bridgehead atoms. The summed E-state index contributed by atoms with van der Waals surface area (Å²) in [6.45, 7) is 1.69. The van der Waals surface area contributed by atoms with E-state index in [4.69, 9.17) is 5.11 Å². The highest BCUT2D eigenvalue weighted by molar-refractivity contribution is 5.85. The molecule has 0 saturated carbocycles. The maximum atomic E-state index is 9.90. The van der Waals surface area contributed by atoms with Crippen LogP contribution in [0.15, 0.2) is 0 Å². The van der Waals surface area contributed by atoms with Gasteiger partial charge in [-0.25, -0.2) is 0 Å². The van der Waals surface area contributed by atoms with Gasteiger partial charge in [0.1, 0.15) is 6.10 Å². The number of aliphatic hydroxyl groups is 1. The molecule has 3 nitrogen and oxygen atoms in total. The van der Waals surface area contributed by atoms with E-state index >= 15 is 0 Å². The number of halogens is 1. The van der Waals surface area contributed by atoms with Crippen molar-refractivity contribution in [2.45, 2.75) is 19.4 Å². The van der Waals surface area contributed by atoms with Crippen molar-refractivity contribution in [3.63, 3.8) is 0 Å². The Labute approximate surface area is 54.3 Å². The maximum Gasteiger partial charge on any atom is 0.246 e. The molecule has 0 aromatic carbocycles. The van der Waals surface area contributed by atoms with Crippen molar-refractivity contribution in [3.8, 4) is 0 Å². The van der Waals surface area contributed by atoms with E-state index in [9.17, 15) is 4.79 Å². The van der Waals surface area contributed by atoms with E-state index in [0.29, 0.717) is 6.42 Å². The van der Waals surface area contributed by atoms with E-state index in [-0.39, 0.29) is 12.4 Å². The Morgan fingerprint density at radius 1 is 1.88 bits per heavy atom. The average molecular weight is 140 g/mol. The van der Waals surface area contributed by atoms with Gasteiger partial charge in [0, 0.05) is 0 Å². The number of carbonyl (C=O) groups is 1. The summed E-state index contributed by atoms with van der Waals surface area (Å²) < 4.78 is 0. The Morgan fingerprint density at radius 3 is 2.25 bits per heavy atom. The number of amides is 1. The molecule has 50 valence electrons. The van der Waals surface area contributed by atoms with Gasteiger partial charge >= 0.3 is 0 Å². The van der Waals surface area contributed by atoms with Crippen molar-refractivity contribution in [3.05, 3.63) is 0 Å². The van der Waals surface area contributed by atoms with Gasteiger partial charge in [0.05, 0.1) is 0 Å². The Hall–Kier alpha value is -0.280. The zero-order chi connectivity index (χ0) is 5.86. The maximum absolute atomic E-state index is 9.90. The first-order valence-corrected chi connectivity index (χ1v) is 2.16. The Kier molecular flexibility index (Phi) is 6.48. The molecule has 0 spiro atoms. The normalized spacial score (nSPS) is 11.8. The van der Waals surface area contributed by atoms with E-state index in [1.54, 1.807) is 6.92 Å². The summed E-state index contributed by atoms with van der Waals surface area (Å²) in [7, 11) is 0. The molecule has 0 aliphatic carbocycles. The lowest BCUT2D eigenvalue weighted by molar-refractivity contribution is -0.126. The molecule has 1 atom stereocenters. The molecular formula is C4H10ClNO2. The number of carbonyl (C=O) groups excluding carboxylic acids is 1. The fourth-order valence-electron chi connectivity index (χ4n) is 0.201. The van der Waals surface area contributed by atoms with Crippen LogP contribution in [-0.4, -0.2) is 17.1 Å². The average Bonchev–Trinajstić information content (AvgIpc) is 1.65. The molecule has 0 aromatic heterocycles. The topological polar surface area (TPSA) is 63.3 Å². The van der Waals surface area contributed by atoms with E-state index < -0.39 is 12.0 Å². The highest BCUT2D eigenvalue weighted by Crippen LogP contribution is 1.84. The van der Waals surface area contributed by atoms with Gasteiger partial charge in [-0.15, -0.1) is 12.4 Å². The van der Waals surface area contributed by atoms with Crippen LogP contribution in [0.2, 0.25) is 0 Å². The first-order valence-electron chi connectivity index (χ1n) is 2.16. The van der Waals surface area contributed by atoms with Crippen molar-refractivity contribution in [2.24, 2.45) is 5.73 Å². The van der Waals surface area contributed by atoms with Gasteiger partial charge in [-0.3, -0.25) is 4.79 Å². The van der Waals surface area contributed by atoms with Gasteiger partial charge < -0.3 is 10.8 Å². The minimum atomic E-state index is -0.958. The summed E-state index contributed by atoms with van der Waals surface area (Å²) in [4.78, 5) is 9.90. The second-order valence-electron chi connectivity index (χ2n) is 1.33. The molecule has 0 heterocycles. The monoisotopic (exact) mass is 139 g/mol. The molecule has 0 aliphatic rings. The van der Waals surface area contributed by atoms with Crippen molar-refractivity contribution < 1.29 is 9.90 Å². The molecular weight excluding hydrogens is 130 g/mol. The molecule has 4 heteroatoms. The summed E-state index contributed by atoms with van der Waals surface area (Å²) in [5, 5.41) is 8.46. The van der Waals surface area contributed by atoms with Gasteiger partial charge in [-0.05, 0) is 6.42 Å². The van der Waals surface area contributed by atoms with Gasteiger partial charge in [-0.2, -0.15) is 0 Å². The Balaban J connectivity index is 0. The molecule has 1 amide bonds. The number of rotatable bonds is 2. The lowest BCUT2D eigenvalue weighted by atomic mass is 10.3. The lowest BCUT2D eigenvalue weighted by Gasteiger charge is -1.97. The van der Waals surface area contributed by atoms with Crippen LogP contribution < -0.4 is 5.73 Å². The standard InChI is InChI=1S/C4H9NO2.ClH/c1-2-3(6)4(5)7;/h3,6H,2H2,1H3,(H2,5,7);1H. The molecule has 0 saturated heterocycles. The van der Waals surface area contributed by atoms with Crippen LogP contribution in [0.1, 0.15) is 13.3 Å². The van der Waals surface area contributed by atoms with Crippen molar-refractivity contribution in [1.29, 1.82) is 0 Å². The minimum Gasteiger partial charge on any atom is -0.383 e. The SMILES string of the molecule is CCC(O)C(N)=O.Cl. The highest BCUT2D eigenvalue weighted by atomic mass is 35.5. The number of hydrogen-bond acceptors (Lipinski definition) is 2. The van der Waals surface area contributed by atoms with Gasteiger partial charge in [0.2, 0.25) is 5.91 Å². The van der Waals surface area contributed by atoms with Crippen LogP contribution >= 0.6 is 12.4 Å². The predicted molar refractivity (Wildman–Crippen MR) is 32.7 cm³/mol. The van der Waals surface area contributed by atoms with Crippen LogP contribution in [-0.2, 0) is 4.79 Å². The highest BCUT2D eigenvalue weighted by Gasteiger charge is 2.04. The molecule has 0 fully saturated rings. The molecule has 8 heavy (non-hydrogen) atoms. The third-order valence-electron chi connectivity index (χ3n) is 0.715. The van der Waals surface area contributed by atoms with Crippen molar-refractivity contribution in [2.75, 3.05) is 0 Å². The fraction of sp³-hybridized carbons (Fsp3) is 0.750. The fourth-order valence-corrected chi connectivity index (χ4v) is 0.201. The number of aliphatic hydroxyl groups excluding tert-OH is 1. The van der Waals surface area contributed by atoms with E-state index in [1.165, 1.54) is 0 Å². The first kappa shape index (κ1) is 10.7. The summed E-state index contributed by atoms with van der Waals surface area (Å²) in [6, 6.07) is 0. The quantitative estimate of drug-likeness (QED) is 0.550. The third-order valence-corrected chi connectivity index (χ3v) is 0.715. The second-order valence-corrected chi connectivity index (χ2v) is 1.33. The summed E-state index contributed by atoms with van der Waals surface area (Å²) in [5.41, 5.74) is 4.66. The van der Waals surface area contributed by atoms with Crippen LogP contribution in [0.25, 0.3) is 0 Å². The zero-order valence-electron chi connectivity index (χ0n) is 4.63. The van der Waals surface area contributed by atoms with Crippen LogP contribution in [0.3, 0.4) is 0 Å². The summed E-state index contributed by atoms with van der Waals surface area (Å²) >= 11 is 0. The molecule has 0 radical (unpaired) electrons. The molecule has 0 aliphatic heterocycles. The summed E-state index contributed by atoms with van der Waals surface area (Å²) in [6.07, 6.45) is -0.560. The molecule has 0 rings (SSSR count). The van der Waals surface area contributed by atoms with Gasteiger partial charge in [0.15, 0.2) is 0 Å².